The van der Waals surface area contributed by atoms with E-state index < -0.39 is 0 Å². The molecule has 0 unspecified atom stereocenters. The number of aryl methyl sites for hydroxylation is 1. The molecule has 27 heavy (non-hydrogen) atoms. The van der Waals surface area contributed by atoms with Crippen molar-refractivity contribution in [1.82, 2.24) is 15.3 Å². The van der Waals surface area contributed by atoms with E-state index in [2.05, 4.69) is 34.0 Å². The molecule has 0 atom stereocenters. The van der Waals surface area contributed by atoms with Crippen LogP contribution < -0.4 is 19.7 Å². The Morgan fingerprint density at radius 3 is 2.59 bits per heavy atom. The van der Waals surface area contributed by atoms with Crippen molar-refractivity contribution in [2.75, 3.05) is 24.8 Å². The second-order valence-electron chi connectivity index (χ2n) is 6.55. The molecule has 1 aromatic heterocycles. The summed E-state index contributed by atoms with van der Waals surface area (Å²) in [5.41, 5.74) is 2.11. The van der Waals surface area contributed by atoms with E-state index in [-0.39, 0.29) is 12.7 Å². The lowest BCUT2D eigenvalue weighted by Gasteiger charge is -2.22. The second-order valence-corrected chi connectivity index (χ2v) is 6.55. The number of carbonyl (C=O) groups is 1. The van der Waals surface area contributed by atoms with Crippen molar-refractivity contribution >= 4 is 11.9 Å². The normalized spacial score (nSPS) is 12.1. The van der Waals surface area contributed by atoms with Crippen LogP contribution in [-0.2, 0) is 6.54 Å². The van der Waals surface area contributed by atoms with E-state index in [1.165, 1.54) is 0 Å². The molecular formula is C20H26N4O3. The monoisotopic (exact) mass is 370 g/mol. The molecule has 2 heterocycles. The van der Waals surface area contributed by atoms with Gasteiger partial charge in [0.15, 0.2) is 11.5 Å². The van der Waals surface area contributed by atoms with Crippen LogP contribution in [0, 0.1) is 6.92 Å². The van der Waals surface area contributed by atoms with Crippen LogP contribution in [0.25, 0.3) is 0 Å². The summed E-state index contributed by atoms with van der Waals surface area (Å²) in [4.78, 5) is 23.8. The summed E-state index contributed by atoms with van der Waals surface area (Å²) in [5.74, 6) is 1.84. The van der Waals surface area contributed by atoms with Crippen LogP contribution in [-0.4, -0.2) is 35.8 Å². The van der Waals surface area contributed by atoms with Gasteiger partial charge >= 0.3 is 0 Å². The largest absolute Gasteiger partial charge is 0.454 e. The molecule has 1 aliphatic heterocycles. The maximum absolute atomic E-state index is 12.6. The van der Waals surface area contributed by atoms with Crippen molar-refractivity contribution in [3.8, 4) is 11.5 Å². The minimum atomic E-state index is -0.215. The maximum Gasteiger partial charge on any atom is 0.270 e. The van der Waals surface area contributed by atoms with Gasteiger partial charge in [-0.05, 0) is 43.5 Å². The summed E-state index contributed by atoms with van der Waals surface area (Å²) in [5, 5.41) is 2.92. The lowest BCUT2D eigenvalue weighted by Crippen LogP contribution is -2.29. The van der Waals surface area contributed by atoms with Crippen molar-refractivity contribution in [3.05, 3.63) is 41.2 Å². The number of benzene rings is 1. The lowest BCUT2D eigenvalue weighted by molar-refractivity contribution is 0.0945. The minimum Gasteiger partial charge on any atom is -0.454 e. The fourth-order valence-corrected chi connectivity index (χ4v) is 2.99. The van der Waals surface area contributed by atoms with Crippen molar-refractivity contribution in [2.24, 2.45) is 0 Å². The number of carbonyl (C=O) groups excluding carboxylic acids is 1. The Kier molecular flexibility index (Phi) is 6.11. The zero-order chi connectivity index (χ0) is 19.2. The third-order valence-electron chi connectivity index (χ3n) is 4.23. The van der Waals surface area contributed by atoms with Crippen LogP contribution in [0.4, 0.5) is 5.95 Å². The standard InChI is InChI=1S/C20H26N4O3/c1-4-8-24(9-5-2)20-22-14(3)10-16(23-20)19(25)21-12-15-6-7-17-18(11-15)27-13-26-17/h6-7,10-11H,4-5,8-9,12-13H2,1-3H3,(H,21,25). The Morgan fingerprint density at radius 2 is 1.85 bits per heavy atom. The molecule has 1 N–H and O–H groups in total. The summed E-state index contributed by atoms with van der Waals surface area (Å²) in [7, 11) is 0. The zero-order valence-corrected chi connectivity index (χ0v) is 16.1. The van der Waals surface area contributed by atoms with Gasteiger partial charge in [0, 0.05) is 25.3 Å². The Hall–Kier alpha value is -2.83. The quantitative estimate of drug-likeness (QED) is 0.770. The van der Waals surface area contributed by atoms with E-state index in [0.29, 0.717) is 23.9 Å². The molecule has 7 nitrogen and oxygen atoms in total. The molecule has 0 saturated carbocycles. The number of anilines is 1. The molecule has 1 aliphatic rings. The molecule has 1 aromatic carbocycles. The van der Waals surface area contributed by atoms with Gasteiger partial charge in [-0.15, -0.1) is 0 Å². The molecular weight excluding hydrogens is 344 g/mol. The maximum atomic E-state index is 12.6. The van der Waals surface area contributed by atoms with Gasteiger partial charge in [-0.2, -0.15) is 0 Å². The third-order valence-corrected chi connectivity index (χ3v) is 4.23. The summed E-state index contributed by atoms with van der Waals surface area (Å²) < 4.78 is 10.7. The van der Waals surface area contributed by atoms with Crippen LogP contribution in [0.15, 0.2) is 24.3 Å². The van der Waals surface area contributed by atoms with Crippen LogP contribution in [0.5, 0.6) is 11.5 Å². The Bertz CT molecular complexity index is 804. The highest BCUT2D eigenvalue weighted by Gasteiger charge is 2.16. The summed E-state index contributed by atoms with van der Waals surface area (Å²) in [6.07, 6.45) is 2.01. The van der Waals surface area contributed by atoms with Gasteiger partial charge in [0.2, 0.25) is 12.7 Å². The summed E-state index contributed by atoms with van der Waals surface area (Å²) >= 11 is 0. The van der Waals surface area contributed by atoms with Crippen LogP contribution in [0.2, 0.25) is 0 Å². The van der Waals surface area contributed by atoms with E-state index in [4.69, 9.17) is 9.47 Å². The molecule has 0 radical (unpaired) electrons. The van der Waals surface area contributed by atoms with Gasteiger partial charge < -0.3 is 19.7 Å². The van der Waals surface area contributed by atoms with E-state index in [1.54, 1.807) is 6.07 Å². The number of hydrogen-bond acceptors (Lipinski definition) is 6. The SMILES string of the molecule is CCCN(CCC)c1nc(C)cc(C(=O)NCc2ccc3c(c2)OCO3)n1. The molecule has 1 amide bonds. The molecule has 0 saturated heterocycles. The number of nitrogens with one attached hydrogen (secondary N) is 1. The molecule has 144 valence electrons. The zero-order valence-electron chi connectivity index (χ0n) is 16.1. The topological polar surface area (TPSA) is 76.6 Å². The Labute approximate surface area is 159 Å². The number of hydrogen-bond donors (Lipinski definition) is 1. The fraction of sp³-hybridized carbons (Fsp3) is 0.450. The number of fused-ring (bicyclic) bond motifs is 1. The highest BCUT2D eigenvalue weighted by molar-refractivity contribution is 5.92. The van der Waals surface area contributed by atoms with Crippen LogP contribution in [0.1, 0.15) is 48.4 Å². The van der Waals surface area contributed by atoms with Crippen LogP contribution >= 0.6 is 0 Å². The average molecular weight is 370 g/mol. The first-order chi connectivity index (χ1) is 13.1. The van der Waals surface area contributed by atoms with Crippen molar-refractivity contribution in [2.45, 2.75) is 40.2 Å². The highest BCUT2D eigenvalue weighted by Crippen LogP contribution is 2.32. The molecule has 3 rings (SSSR count). The number of nitrogens with zero attached hydrogens (tertiary/aromatic N) is 3. The van der Waals surface area contributed by atoms with Gasteiger partial charge in [0.05, 0.1) is 0 Å². The van der Waals surface area contributed by atoms with Crippen LogP contribution in [0.3, 0.4) is 0 Å². The van der Waals surface area contributed by atoms with E-state index in [9.17, 15) is 4.79 Å². The van der Waals surface area contributed by atoms with Crippen molar-refractivity contribution in [1.29, 1.82) is 0 Å². The first-order valence-corrected chi connectivity index (χ1v) is 9.38. The van der Waals surface area contributed by atoms with Gasteiger partial charge in [0.25, 0.3) is 5.91 Å². The smallest absolute Gasteiger partial charge is 0.270 e. The van der Waals surface area contributed by atoms with E-state index in [0.717, 1.165) is 42.9 Å². The Morgan fingerprint density at radius 1 is 1.11 bits per heavy atom. The van der Waals surface area contributed by atoms with Crippen molar-refractivity contribution < 1.29 is 14.3 Å². The minimum absolute atomic E-state index is 0.215. The number of amides is 1. The van der Waals surface area contributed by atoms with Gasteiger partial charge in [0.1, 0.15) is 5.69 Å². The molecule has 0 fully saturated rings. The lowest BCUT2D eigenvalue weighted by atomic mass is 10.2. The summed E-state index contributed by atoms with van der Waals surface area (Å²) in [6, 6.07) is 7.36. The van der Waals surface area contributed by atoms with Gasteiger partial charge in [-0.25, -0.2) is 9.97 Å². The fourth-order valence-electron chi connectivity index (χ4n) is 2.99. The number of aromatic nitrogens is 2. The van der Waals surface area contributed by atoms with Crippen molar-refractivity contribution in [3.63, 3.8) is 0 Å². The highest BCUT2D eigenvalue weighted by atomic mass is 16.7. The van der Waals surface area contributed by atoms with Gasteiger partial charge in [-0.3, -0.25) is 4.79 Å². The predicted molar refractivity (Wildman–Crippen MR) is 103 cm³/mol. The average Bonchev–Trinajstić information content (AvgIpc) is 3.13. The Balaban J connectivity index is 1.70. The first kappa shape index (κ1) is 18.9. The van der Waals surface area contributed by atoms with Gasteiger partial charge in [-0.1, -0.05) is 19.9 Å². The second kappa shape index (κ2) is 8.70. The third kappa shape index (κ3) is 4.67. The number of ether oxygens (including phenoxy) is 2. The summed E-state index contributed by atoms with van der Waals surface area (Å²) in [6.45, 7) is 8.50. The molecule has 7 heteroatoms. The molecule has 2 aromatic rings. The molecule has 0 aliphatic carbocycles. The first-order valence-electron chi connectivity index (χ1n) is 9.38. The van der Waals surface area contributed by atoms with E-state index in [1.807, 2.05) is 25.1 Å². The molecule has 0 spiro atoms. The number of rotatable bonds is 8. The predicted octanol–water partition coefficient (Wildman–Crippen LogP) is 3.07. The van der Waals surface area contributed by atoms with E-state index >= 15 is 0 Å². The molecule has 0 bridgehead atoms.